The van der Waals surface area contributed by atoms with Crippen molar-refractivity contribution in [1.82, 2.24) is 20.2 Å². The number of benzene rings is 1. The second kappa shape index (κ2) is 10.4. The van der Waals surface area contributed by atoms with Gasteiger partial charge in [0.25, 0.3) is 11.1 Å². The van der Waals surface area contributed by atoms with Gasteiger partial charge in [-0.25, -0.2) is 4.98 Å². The number of hydrogen-bond donors (Lipinski definition) is 1. The number of rotatable bonds is 9. The lowest BCUT2D eigenvalue weighted by Gasteiger charge is -2.25. The quantitative estimate of drug-likeness (QED) is 0.595. The van der Waals surface area contributed by atoms with E-state index in [0.717, 1.165) is 43.6 Å². The van der Waals surface area contributed by atoms with Crippen molar-refractivity contribution in [2.24, 2.45) is 0 Å². The predicted molar refractivity (Wildman–Crippen MR) is 127 cm³/mol. The molecule has 1 aromatic carbocycles. The van der Waals surface area contributed by atoms with Crippen LogP contribution in [-0.4, -0.2) is 66.3 Å². The topological polar surface area (TPSA) is 81.7 Å². The van der Waals surface area contributed by atoms with Gasteiger partial charge in [-0.05, 0) is 43.1 Å². The first kappa shape index (κ1) is 22.8. The molecule has 0 unspecified atom stereocenters. The highest BCUT2D eigenvalue weighted by atomic mass is 32.2. The number of aromatic nitrogens is 2. The summed E-state index contributed by atoms with van der Waals surface area (Å²) in [6.45, 7) is 7.93. The Morgan fingerprint density at radius 1 is 1.03 bits per heavy atom. The molecule has 1 fully saturated rings. The number of amides is 2. The summed E-state index contributed by atoms with van der Waals surface area (Å²) in [5, 5.41) is 1.91. The average Bonchev–Trinajstić information content (AvgIpc) is 3.10. The minimum atomic E-state index is -0.400. The Labute approximate surface area is 187 Å². The molecule has 0 spiro atoms. The fourth-order valence-electron chi connectivity index (χ4n) is 3.13. The normalized spacial score (nSPS) is 14.9. The van der Waals surface area contributed by atoms with Gasteiger partial charge in [0, 0.05) is 38.9 Å². The molecule has 0 radical (unpaired) electrons. The smallest absolute Gasteiger partial charge is 0.290 e. The molecule has 1 aliphatic heterocycles. The maximum Gasteiger partial charge on any atom is 0.290 e. The van der Waals surface area contributed by atoms with Crippen LogP contribution in [0.3, 0.4) is 0 Å². The van der Waals surface area contributed by atoms with Gasteiger partial charge < -0.3 is 14.7 Å². The molecule has 1 aliphatic rings. The van der Waals surface area contributed by atoms with Crippen LogP contribution in [0.2, 0.25) is 0 Å². The van der Waals surface area contributed by atoms with E-state index in [0.29, 0.717) is 22.4 Å². The first-order chi connectivity index (χ1) is 14.9. The zero-order valence-electron chi connectivity index (χ0n) is 18.3. The summed E-state index contributed by atoms with van der Waals surface area (Å²) in [5.74, 6) is 0.865. The summed E-state index contributed by atoms with van der Waals surface area (Å²) in [7, 11) is 3.90. The molecule has 0 aliphatic carbocycles. The third kappa shape index (κ3) is 5.83. The number of carbonyl (C=O) groups excluding carboxylic acids is 2. The molecule has 2 aromatic rings. The van der Waals surface area contributed by atoms with Gasteiger partial charge in [0.05, 0.1) is 10.6 Å². The zero-order valence-corrected chi connectivity index (χ0v) is 19.1. The fraction of sp³-hybridized carbons (Fsp3) is 0.364. The van der Waals surface area contributed by atoms with Crippen molar-refractivity contribution in [1.29, 1.82) is 0 Å². The molecule has 0 bridgehead atoms. The molecular weight excluding hydrogens is 412 g/mol. The van der Waals surface area contributed by atoms with Crippen LogP contribution in [0.25, 0.3) is 6.08 Å². The van der Waals surface area contributed by atoms with Gasteiger partial charge in [0.2, 0.25) is 5.95 Å². The highest BCUT2D eigenvalue weighted by Gasteiger charge is 2.25. The summed E-state index contributed by atoms with van der Waals surface area (Å²) in [6.07, 6.45) is 1.64. The standard InChI is InChI=1S/C22H28N6O2S/c1-5-28(6-2)13-12-26(3)21-23-16(14-18-20(29)25-22(30)31-18)15-19(24-21)27(4)17-10-8-7-9-11-17/h7-11,14-15H,5-6,12-13H2,1-4H3,(H,25,29,30)/b18-14-. The number of imide groups is 1. The Kier molecular flexibility index (Phi) is 7.64. The molecule has 164 valence electrons. The molecule has 31 heavy (non-hydrogen) atoms. The Morgan fingerprint density at radius 2 is 1.74 bits per heavy atom. The Bertz CT molecular complexity index is 962. The molecule has 1 saturated heterocycles. The van der Waals surface area contributed by atoms with E-state index in [4.69, 9.17) is 4.98 Å². The Balaban J connectivity index is 1.94. The van der Waals surface area contributed by atoms with Crippen LogP contribution < -0.4 is 15.1 Å². The number of hydrogen-bond acceptors (Lipinski definition) is 8. The van der Waals surface area contributed by atoms with Crippen LogP contribution in [0.5, 0.6) is 0 Å². The summed E-state index contributed by atoms with van der Waals surface area (Å²) in [5.41, 5.74) is 1.56. The average molecular weight is 441 g/mol. The summed E-state index contributed by atoms with van der Waals surface area (Å²) >= 11 is 0.881. The van der Waals surface area contributed by atoms with Gasteiger partial charge in [-0.1, -0.05) is 32.0 Å². The molecule has 3 rings (SSSR count). The summed E-state index contributed by atoms with van der Waals surface area (Å²) < 4.78 is 0. The number of carbonyl (C=O) groups is 2. The lowest BCUT2D eigenvalue weighted by molar-refractivity contribution is -0.115. The molecule has 8 nitrogen and oxygen atoms in total. The molecule has 2 amide bonds. The minimum absolute atomic E-state index is 0.328. The molecule has 1 aromatic heterocycles. The monoisotopic (exact) mass is 440 g/mol. The van der Waals surface area contributed by atoms with Crippen LogP contribution >= 0.6 is 11.8 Å². The number of likely N-dealkylation sites (N-methyl/N-ethyl adjacent to an activating group) is 2. The van der Waals surface area contributed by atoms with Gasteiger partial charge in [-0.2, -0.15) is 4.98 Å². The number of thioether (sulfide) groups is 1. The van der Waals surface area contributed by atoms with Crippen molar-refractivity contribution in [2.75, 3.05) is 50.1 Å². The lowest BCUT2D eigenvalue weighted by atomic mass is 10.2. The van der Waals surface area contributed by atoms with E-state index in [1.807, 2.05) is 60.3 Å². The Morgan fingerprint density at radius 3 is 2.35 bits per heavy atom. The summed E-state index contributed by atoms with van der Waals surface area (Å²) in [4.78, 5) is 39.6. The molecule has 0 atom stereocenters. The van der Waals surface area contributed by atoms with Crippen molar-refractivity contribution >= 4 is 46.4 Å². The molecular formula is C22H28N6O2S. The number of nitrogens with zero attached hydrogens (tertiary/aromatic N) is 5. The predicted octanol–water partition coefficient (Wildman–Crippen LogP) is 3.35. The van der Waals surface area contributed by atoms with Gasteiger partial charge in [-0.3, -0.25) is 14.9 Å². The van der Waals surface area contributed by atoms with Crippen LogP contribution in [0.15, 0.2) is 41.3 Å². The van der Waals surface area contributed by atoms with Crippen molar-refractivity contribution in [3.05, 3.63) is 47.0 Å². The second-order valence-corrected chi connectivity index (χ2v) is 8.16. The van der Waals surface area contributed by atoms with Gasteiger partial charge >= 0.3 is 0 Å². The molecule has 1 N–H and O–H groups in total. The van der Waals surface area contributed by atoms with E-state index < -0.39 is 5.91 Å². The van der Waals surface area contributed by atoms with Crippen molar-refractivity contribution < 1.29 is 9.59 Å². The minimum Gasteiger partial charge on any atom is -0.343 e. The zero-order chi connectivity index (χ0) is 22.4. The van der Waals surface area contributed by atoms with E-state index in [9.17, 15) is 9.59 Å². The van der Waals surface area contributed by atoms with Crippen LogP contribution in [-0.2, 0) is 4.79 Å². The first-order valence-corrected chi connectivity index (χ1v) is 11.1. The number of anilines is 3. The third-order valence-corrected chi connectivity index (χ3v) is 5.93. The number of para-hydroxylation sites is 1. The van der Waals surface area contributed by atoms with E-state index >= 15 is 0 Å². The molecule has 0 saturated carbocycles. The highest BCUT2D eigenvalue weighted by molar-refractivity contribution is 8.18. The van der Waals surface area contributed by atoms with Crippen molar-refractivity contribution in [2.45, 2.75) is 13.8 Å². The first-order valence-electron chi connectivity index (χ1n) is 10.3. The van der Waals surface area contributed by atoms with E-state index in [1.165, 1.54) is 0 Å². The lowest BCUT2D eigenvalue weighted by Crippen LogP contribution is -2.34. The van der Waals surface area contributed by atoms with Crippen LogP contribution in [0.4, 0.5) is 22.2 Å². The van der Waals surface area contributed by atoms with Gasteiger partial charge in [0.1, 0.15) is 5.82 Å². The van der Waals surface area contributed by atoms with E-state index in [-0.39, 0.29) is 5.24 Å². The maximum atomic E-state index is 12.0. The van der Waals surface area contributed by atoms with Gasteiger partial charge in [-0.15, -0.1) is 0 Å². The van der Waals surface area contributed by atoms with E-state index in [2.05, 4.69) is 29.0 Å². The van der Waals surface area contributed by atoms with Crippen molar-refractivity contribution in [3.63, 3.8) is 0 Å². The molecule has 2 heterocycles. The fourth-order valence-corrected chi connectivity index (χ4v) is 3.79. The Hall–Kier alpha value is -2.91. The maximum absolute atomic E-state index is 12.0. The van der Waals surface area contributed by atoms with Gasteiger partial charge in [0.15, 0.2) is 0 Å². The largest absolute Gasteiger partial charge is 0.343 e. The van der Waals surface area contributed by atoms with E-state index in [1.54, 1.807) is 6.08 Å². The second-order valence-electron chi connectivity index (χ2n) is 7.15. The van der Waals surface area contributed by atoms with Crippen LogP contribution in [0, 0.1) is 0 Å². The third-order valence-electron chi connectivity index (χ3n) is 5.12. The highest BCUT2D eigenvalue weighted by Crippen LogP contribution is 2.28. The number of nitrogens with one attached hydrogen (secondary N) is 1. The van der Waals surface area contributed by atoms with Crippen molar-refractivity contribution in [3.8, 4) is 0 Å². The SMILES string of the molecule is CCN(CC)CCN(C)c1nc(/C=C2\SC(=O)NC2=O)cc(N(C)c2ccccc2)n1. The molecule has 9 heteroatoms. The van der Waals surface area contributed by atoms with Crippen LogP contribution in [0.1, 0.15) is 19.5 Å². The summed E-state index contributed by atoms with van der Waals surface area (Å²) in [6, 6.07) is 11.7.